The molecule has 24 heavy (non-hydrogen) atoms. The second-order valence-corrected chi connectivity index (χ2v) is 7.00. The molecule has 1 heteroatoms. The Kier molecular flexibility index (Phi) is 3.95. The Morgan fingerprint density at radius 1 is 1.00 bits per heavy atom. The summed E-state index contributed by atoms with van der Waals surface area (Å²) in [6.45, 7) is 3.34. The zero-order valence-electron chi connectivity index (χ0n) is 14.1. The molecule has 2 aliphatic rings. The standard InChI is InChI=1S/C23H23N/c1-23(22-21-10-6-5-9-20(21)17-24-22)15-13-19(14-16-23)12-11-18-7-3-2-4-8-18/h2-15,22,24H,16-17H2,1H3. The van der Waals surface area contributed by atoms with Crippen LogP contribution >= 0.6 is 0 Å². The summed E-state index contributed by atoms with van der Waals surface area (Å²) in [6, 6.07) is 19.7. The molecule has 0 aromatic heterocycles. The number of hydrogen-bond donors (Lipinski definition) is 1. The minimum atomic E-state index is 0.136. The highest BCUT2D eigenvalue weighted by atomic mass is 15.0. The minimum Gasteiger partial charge on any atom is -0.305 e. The monoisotopic (exact) mass is 313 g/mol. The molecule has 4 rings (SSSR count). The van der Waals surface area contributed by atoms with Gasteiger partial charge in [0.05, 0.1) is 0 Å². The molecule has 2 aromatic carbocycles. The summed E-state index contributed by atoms with van der Waals surface area (Å²) >= 11 is 0. The average Bonchev–Trinajstić information content (AvgIpc) is 3.07. The molecule has 0 saturated heterocycles. The summed E-state index contributed by atoms with van der Waals surface area (Å²) in [5.41, 5.74) is 5.57. The molecule has 120 valence electrons. The van der Waals surface area contributed by atoms with Gasteiger partial charge in [-0.3, -0.25) is 0 Å². The molecule has 2 atom stereocenters. The third-order valence-electron chi connectivity index (χ3n) is 5.22. The van der Waals surface area contributed by atoms with Crippen molar-refractivity contribution in [3.63, 3.8) is 0 Å². The Bertz CT molecular complexity index is 813. The lowest BCUT2D eigenvalue weighted by atomic mass is 9.73. The van der Waals surface area contributed by atoms with Crippen LogP contribution in [0.4, 0.5) is 0 Å². The molecule has 2 aromatic rings. The van der Waals surface area contributed by atoms with Gasteiger partial charge in [-0.05, 0) is 28.7 Å². The van der Waals surface area contributed by atoms with E-state index in [4.69, 9.17) is 0 Å². The fraction of sp³-hybridized carbons (Fsp3) is 0.217. The summed E-state index contributed by atoms with van der Waals surface area (Å²) in [5.74, 6) is 0. The number of fused-ring (bicyclic) bond motifs is 1. The Morgan fingerprint density at radius 2 is 1.79 bits per heavy atom. The highest BCUT2D eigenvalue weighted by Crippen LogP contribution is 2.44. The van der Waals surface area contributed by atoms with Gasteiger partial charge in [-0.1, -0.05) is 91.9 Å². The van der Waals surface area contributed by atoms with Crippen molar-refractivity contribution in [2.75, 3.05) is 0 Å². The topological polar surface area (TPSA) is 12.0 Å². The normalized spacial score (nSPS) is 25.7. The number of allylic oxidation sites excluding steroid dienone is 4. The molecule has 0 bridgehead atoms. The van der Waals surface area contributed by atoms with E-state index in [9.17, 15) is 0 Å². The van der Waals surface area contributed by atoms with Crippen LogP contribution in [0.1, 0.15) is 36.1 Å². The zero-order chi connectivity index (χ0) is 16.4. The first-order chi connectivity index (χ1) is 11.7. The second kappa shape index (κ2) is 6.26. The third kappa shape index (κ3) is 2.88. The van der Waals surface area contributed by atoms with E-state index in [0.717, 1.165) is 13.0 Å². The number of nitrogens with one attached hydrogen (secondary N) is 1. The van der Waals surface area contributed by atoms with Gasteiger partial charge in [0, 0.05) is 18.0 Å². The maximum Gasteiger partial charge on any atom is 0.0418 e. The van der Waals surface area contributed by atoms with Gasteiger partial charge in [-0.25, -0.2) is 0 Å². The highest BCUT2D eigenvalue weighted by Gasteiger charge is 2.37. The van der Waals surface area contributed by atoms with Gasteiger partial charge in [0.25, 0.3) is 0 Å². The van der Waals surface area contributed by atoms with Crippen molar-refractivity contribution in [3.8, 4) is 0 Å². The van der Waals surface area contributed by atoms with Gasteiger partial charge in [-0.15, -0.1) is 0 Å². The third-order valence-corrected chi connectivity index (χ3v) is 5.22. The van der Waals surface area contributed by atoms with Crippen LogP contribution in [0, 0.1) is 5.41 Å². The van der Waals surface area contributed by atoms with Crippen LogP contribution in [-0.2, 0) is 6.54 Å². The van der Waals surface area contributed by atoms with Gasteiger partial charge < -0.3 is 5.32 Å². The molecule has 1 aliphatic heterocycles. The summed E-state index contributed by atoms with van der Waals surface area (Å²) < 4.78 is 0. The van der Waals surface area contributed by atoms with Crippen molar-refractivity contribution in [1.29, 1.82) is 0 Å². The van der Waals surface area contributed by atoms with Crippen molar-refractivity contribution in [2.24, 2.45) is 5.41 Å². The van der Waals surface area contributed by atoms with E-state index in [0.29, 0.717) is 6.04 Å². The van der Waals surface area contributed by atoms with E-state index in [1.807, 2.05) is 0 Å². The van der Waals surface area contributed by atoms with Crippen LogP contribution in [0.2, 0.25) is 0 Å². The van der Waals surface area contributed by atoms with E-state index in [1.54, 1.807) is 0 Å². The summed E-state index contributed by atoms with van der Waals surface area (Å²) in [7, 11) is 0. The molecule has 0 fully saturated rings. The molecule has 0 amide bonds. The predicted octanol–water partition coefficient (Wildman–Crippen LogP) is 5.44. The fourth-order valence-corrected chi connectivity index (χ4v) is 3.74. The van der Waals surface area contributed by atoms with Crippen LogP contribution < -0.4 is 5.32 Å². The van der Waals surface area contributed by atoms with Crippen molar-refractivity contribution in [2.45, 2.75) is 25.9 Å². The lowest BCUT2D eigenvalue weighted by Crippen LogP contribution is -2.31. The summed E-state index contributed by atoms with van der Waals surface area (Å²) in [4.78, 5) is 0. The van der Waals surface area contributed by atoms with Gasteiger partial charge in [-0.2, -0.15) is 0 Å². The average molecular weight is 313 g/mol. The Labute approximate surface area is 144 Å². The molecule has 0 radical (unpaired) electrons. The number of hydrogen-bond acceptors (Lipinski definition) is 1. The van der Waals surface area contributed by atoms with Gasteiger partial charge in [0.2, 0.25) is 0 Å². The fourth-order valence-electron chi connectivity index (χ4n) is 3.74. The maximum absolute atomic E-state index is 3.71. The first kappa shape index (κ1) is 15.2. The van der Waals surface area contributed by atoms with E-state index in [1.165, 1.54) is 22.3 Å². The molecule has 0 spiro atoms. The van der Waals surface area contributed by atoms with Crippen LogP contribution in [0.15, 0.2) is 84.5 Å². The minimum absolute atomic E-state index is 0.136. The van der Waals surface area contributed by atoms with Crippen LogP contribution in [0.3, 0.4) is 0 Å². The smallest absolute Gasteiger partial charge is 0.0418 e. The first-order valence-electron chi connectivity index (χ1n) is 8.68. The van der Waals surface area contributed by atoms with Crippen molar-refractivity contribution >= 4 is 6.08 Å². The van der Waals surface area contributed by atoms with Crippen LogP contribution in [0.5, 0.6) is 0 Å². The molecular formula is C23H23N. The van der Waals surface area contributed by atoms with E-state index in [2.05, 4.69) is 97.2 Å². The second-order valence-electron chi connectivity index (χ2n) is 7.00. The zero-order valence-corrected chi connectivity index (χ0v) is 14.1. The lowest BCUT2D eigenvalue weighted by Gasteiger charge is -2.34. The number of rotatable bonds is 3. The highest BCUT2D eigenvalue weighted by molar-refractivity contribution is 5.55. The number of benzene rings is 2. The Balaban J connectivity index is 1.50. The Hall–Kier alpha value is -2.38. The van der Waals surface area contributed by atoms with Gasteiger partial charge >= 0.3 is 0 Å². The quantitative estimate of drug-likeness (QED) is 0.796. The predicted molar refractivity (Wildman–Crippen MR) is 101 cm³/mol. The molecule has 1 aliphatic carbocycles. The van der Waals surface area contributed by atoms with E-state index < -0.39 is 0 Å². The van der Waals surface area contributed by atoms with E-state index in [-0.39, 0.29) is 5.41 Å². The molecule has 2 unspecified atom stereocenters. The SMILES string of the molecule is CC1(C2NCc3ccccc32)C=CC(C=Cc2ccccc2)=CC1. The van der Waals surface area contributed by atoms with Crippen LogP contribution in [0.25, 0.3) is 6.08 Å². The molecule has 1 N–H and O–H groups in total. The lowest BCUT2D eigenvalue weighted by molar-refractivity contribution is 0.302. The maximum atomic E-state index is 3.71. The summed E-state index contributed by atoms with van der Waals surface area (Å²) in [5, 5.41) is 3.71. The van der Waals surface area contributed by atoms with Crippen molar-refractivity contribution < 1.29 is 0 Å². The molecule has 1 heterocycles. The molecular weight excluding hydrogens is 290 g/mol. The van der Waals surface area contributed by atoms with Gasteiger partial charge in [0.1, 0.15) is 0 Å². The Morgan fingerprint density at radius 3 is 2.58 bits per heavy atom. The first-order valence-corrected chi connectivity index (χ1v) is 8.68. The van der Waals surface area contributed by atoms with Gasteiger partial charge in [0.15, 0.2) is 0 Å². The van der Waals surface area contributed by atoms with Crippen molar-refractivity contribution in [3.05, 3.63) is 101 Å². The van der Waals surface area contributed by atoms with E-state index >= 15 is 0 Å². The summed E-state index contributed by atoms with van der Waals surface area (Å²) in [6.07, 6.45) is 12.5. The largest absolute Gasteiger partial charge is 0.305 e. The van der Waals surface area contributed by atoms with Crippen molar-refractivity contribution in [1.82, 2.24) is 5.32 Å². The molecule has 0 saturated carbocycles. The molecule has 1 nitrogen and oxygen atoms in total. The van der Waals surface area contributed by atoms with Crippen LogP contribution in [-0.4, -0.2) is 0 Å².